The molecule has 0 spiro atoms. The minimum atomic E-state index is 0.0319. The SMILES string of the molecule is NCC#Cc1ccc(CNC(=O)N2CCCC2)cc1. The Morgan fingerprint density at radius 1 is 1.26 bits per heavy atom. The molecule has 1 aliphatic rings. The van der Waals surface area contributed by atoms with Gasteiger partial charge >= 0.3 is 6.03 Å². The molecule has 0 atom stereocenters. The number of amides is 2. The summed E-state index contributed by atoms with van der Waals surface area (Å²) in [6, 6.07) is 7.87. The second-order valence-corrected chi connectivity index (χ2v) is 4.56. The molecule has 1 aromatic carbocycles. The predicted molar refractivity (Wildman–Crippen MR) is 75.4 cm³/mol. The maximum absolute atomic E-state index is 11.8. The minimum absolute atomic E-state index is 0.0319. The number of carbonyl (C=O) groups is 1. The fourth-order valence-corrected chi connectivity index (χ4v) is 2.07. The van der Waals surface area contributed by atoms with Crippen LogP contribution in [0.1, 0.15) is 24.0 Å². The lowest BCUT2D eigenvalue weighted by Crippen LogP contribution is -2.37. The van der Waals surface area contributed by atoms with Gasteiger partial charge in [0.15, 0.2) is 0 Å². The molecule has 0 bridgehead atoms. The molecule has 2 rings (SSSR count). The molecule has 1 heterocycles. The number of nitrogens with one attached hydrogen (secondary N) is 1. The highest BCUT2D eigenvalue weighted by Gasteiger charge is 2.16. The highest BCUT2D eigenvalue weighted by molar-refractivity contribution is 5.74. The van der Waals surface area contributed by atoms with E-state index in [1.165, 1.54) is 0 Å². The fraction of sp³-hybridized carbons (Fsp3) is 0.400. The van der Waals surface area contributed by atoms with Crippen molar-refractivity contribution in [2.75, 3.05) is 19.6 Å². The van der Waals surface area contributed by atoms with Gasteiger partial charge in [0.1, 0.15) is 0 Å². The second kappa shape index (κ2) is 6.81. The number of rotatable bonds is 2. The first-order valence-corrected chi connectivity index (χ1v) is 6.60. The summed E-state index contributed by atoms with van der Waals surface area (Å²) in [6.45, 7) is 2.67. The van der Waals surface area contributed by atoms with Gasteiger partial charge in [0.05, 0.1) is 6.54 Å². The van der Waals surface area contributed by atoms with Crippen molar-refractivity contribution in [1.29, 1.82) is 0 Å². The van der Waals surface area contributed by atoms with Crippen LogP contribution in [0, 0.1) is 11.8 Å². The predicted octanol–water partition coefficient (Wildman–Crippen LogP) is 1.30. The molecule has 1 aliphatic heterocycles. The van der Waals surface area contributed by atoms with Gasteiger partial charge in [-0.25, -0.2) is 4.79 Å². The van der Waals surface area contributed by atoms with E-state index in [0.717, 1.165) is 37.1 Å². The monoisotopic (exact) mass is 257 g/mol. The third kappa shape index (κ3) is 4.01. The van der Waals surface area contributed by atoms with E-state index >= 15 is 0 Å². The molecule has 0 saturated carbocycles. The zero-order valence-corrected chi connectivity index (χ0v) is 11.0. The van der Waals surface area contributed by atoms with Crippen molar-refractivity contribution < 1.29 is 4.79 Å². The van der Waals surface area contributed by atoms with Gasteiger partial charge in [-0.3, -0.25) is 0 Å². The molecule has 2 amide bonds. The summed E-state index contributed by atoms with van der Waals surface area (Å²) in [4.78, 5) is 13.7. The van der Waals surface area contributed by atoms with Crippen LogP contribution in [0.15, 0.2) is 24.3 Å². The van der Waals surface area contributed by atoms with E-state index in [0.29, 0.717) is 13.1 Å². The van der Waals surface area contributed by atoms with Crippen LogP contribution in [0.5, 0.6) is 0 Å². The normalized spacial score (nSPS) is 13.8. The van der Waals surface area contributed by atoms with Crippen molar-refractivity contribution in [2.45, 2.75) is 19.4 Å². The number of hydrogen-bond donors (Lipinski definition) is 2. The van der Waals surface area contributed by atoms with Crippen LogP contribution in [-0.2, 0) is 6.54 Å². The van der Waals surface area contributed by atoms with E-state index < -0.39 is 0 Å². The first kappa shape index (κ1) is 13.4. The summed E-state index contributed by atoms with van der Waals surface area (Å²) in [5, 5.41) is 2.93. The van der Waals surface area contributed by atoms with E-state index in [4.69, 9.17) is 5.73 Å². The van der Waals surface area contributed by atoms with E-state index in [-0.39, 0.29) is 6.03 Å². The van der Waals surface area contributed by atoms with Gasteiger partial charge in [-0.2, -0.15) is 0 Å². The van der Waals surface area contributed by atoms with Gasteiger partial charge < -0.3 is 16.0 Å². The van der Waals surface area contributed by atoms with E-state index in [1.54, 1.807) is 0 Å². The van der Waals surface area contributed by atoms with Crippen molar-refractivity contribution >= 4 is 6.03 Å². The number of likely N-dealkylation sites (tertiary alicyclic amines) is 1. The molecule has 0 aromatic heterocycles. The summed E-state index contributed by atoms with van der Waals surface area (Å²) in [5.41, 5.74) is 7.34. The Kier molecular flexibility index (Phi) is 4.82. The molecule has 100 valence electrons. The average molecular weight is 257 g/mol. The summed E-state index contributed by atoms with van der Waals surface area (Å²) < 4.78 is 0. The Morgan fingerprint density at radius 2 is 1.95 bits per heavy atom. The number of nitrogens with zero attached hydrogens (tertiary/aromatic N) is 1. The summed E-state index contributed by atoms with van der Waals surface area (Å²) >= 11 is 0. The molecular weight excluding hydrogens is 238 g/mol. The molecule has 0 aliphatic carbocycles. The van der Waals surface area contributed by atoms with Crippen LogP contribution in [0.3, 0.4) is 0 Å². The first-order chi connectivity index (χ1) is 9.29. The topological polar surface area (TPSA) is 58.4 Å². The second-order valence-electron chi connectivity index (χ2n) is 4.56. The van der Waals surface area contributed by atoms with Crippen molar-refractivity contribution in [3.63, 3.8) is 0 Å². The lowest BCUT2D eigenvalue weighted by Gasteiger charge is -2.16. The third-order valence-electron chi connectivity index (χ3n) is 3.13. The number of benzene rings is 1. The molecule has 4 nitrogen and oxygen atoms in total. The number of urea groups is 1. The van der Waals surface area contributed by atoms with Crippen LogP contribution in [0.4, 0.5) is 4.79 Å². The van der Waals surface area contributed by atoms with Gasteiger partial charge in [0.2, 0.25) is 0 Å². The zero-order valence-electron chi connectivity index (χ0n) is 11.0. The maximum Gasteiger partial charge on any atom is 0.317 e. The smallest absolute Gasteiger partial charge is 0.317 e. The third-order valence-corrected chi connectivity index (χ3v) is 3.13. The lowest BCUT2D eigenvalue weighted by molar-refractivity contribution is 0.208. The molecule has 0 unspecified atom stereocenters. The Bertz CT molecular complexity index is 478. The highest BCUT2D eigenvalue weighted by Crippen LogP contribution is 2.08. The van der Waals surface area contributed by atoms with Crippen LogP contribution in [-0.4, -0.2) is 30.6 Å². The van der Waals surface area contributed by atoms with Gasteiger partial charge in [0.25, 0.3) is 0 Å². The summed E-state index contributed by atoms with van der Waals surface area (Å²) in [6.07, 6.45) is 2.23. The molecule has 1 fully saturated rings. The lowest BCUT2D eigenvalue weighted by atomic mass is 10.1. The molecule has 19 heavy (non-hydrogen) atoms. The number of carbonyl (C=O) groups excluding carboxylic acids is 1. The Labute approximate surface area is 114 Å². The van der Waals surface area contributed by atoms with Gasteiger partial charge in [-0.1, -0.05) is 24.0 Å². The van der Waals surface area contributed by atoms with Gasteiger partial charge in [-0.05, 0) is 30.5 Å². The van der Waals surface area contributed by atoms with Crippen molar-refractivity contribution in [2.24, 2.45) is 5.73 Å². The molecule has 1 aromatic rings. The van der Waals surface area contributed by atoms with Crippen molar-refractivity contribution in [3.05, 3.63) is 35.4 Å². The van der Waals surface area contributed by atoms with Gasteiger partial charge in [-0.15, -0.1) is 0 Å². The van der Waals surface area contributed by atoms with Crippen molar-refractivity contribution in [1.82, 2.24) is 10.2 Å². The largest absolute Gasteiger partial charge is 0.334 e. The standard InChI is InChI=1S/C15H19N3O/c16-9-3-4-13-5-7-14(8-6-13)12-17-15(19)18-10-1-2-11-18/h5-8H,1-2,9-12,16H2,(H,17,19). The Balaban J connectivity index is 1.84. The first-order valence-electron chi connectivity index (χ1n) is 6.60. The quantitative estimate of drug-likeness (QED) is 0.785. The van der Waals surface area contributed by atoms with Crippen molar-refractivity contribution in [3.8, 4) is 11.8 Å². The zero-order chi connectivity index (χ0) is 13.5. The summed E-state index contributed by atoms with van der Waals surface area (Å²) in [7, 11) is 0. The number of hydrogen-bond acceptors (Lipinski definition) is 2. The Morgan fingerprint density at radius 3 is 2.58 bits per heavy atom. The van der Waals surface area contributed by atoms with Gasteiger partial charge in [0, 0.05) is 25.2 Å². The minimum Gasteiger partial charge on any atom is -0.334 e. The van der Waals surface area contributed by atoms with Crippen LogP contribution < -0.4 is 11.1 Å². The molecule has 1 saturated heterocycles. The fourth-order valence-electron chi connectivity index (χ4n) is 2.07. The Hall–Kier alpha value is -1.99. The molecular formula is C15H19N3O. The van der Waals surface area contributed by atoms with Crippen LogP contribution in [0.2, 0.25) is 0 Å². The highest BCUT2D eigenvalue weighted by atomic mass is 16.2. The average Bonchev–Trinajstić information content (AvgIpc) is 2.98. The maximum atomic E-state index is 11.8. The number of nitrogens with two attached hydrogens (primary N) is 1. The van der Waals surface area contributed by atoms with E-state index in [2.05, 4.69) is 17.2 Å². The summed E-state index contributed by atoms with van der Waals surface area (Å²) in [5.74, 6) is 5.78. The molecule has 4 heteroatoms. The van der Waals surface area contributed by atoms with Crippen LogP contribution in [0.25, 0.3) is 0 Å². The molecule has 0 radical (unpaired) electrons. The van der Waals surface area contributed by atoms with E-state index in [1.807, 2.05) is 29.2 Å². The van der Waals surface area contributed by atoms with Crippen LogP contribution >= 0.6 is 0 Å². The molecule has 3 N–H and O–H groups in total. The van der Waals surface area contributed by atoms with E-state index in [9.17, 15) is 4.79 Å².